The van der Waals surface area contributed by atoms with Gasteiger partial charge in [-0.1, -0.05) is 0 Å². The van der Waals surface area contributed by atoms with E-state index in [1.165, 1.54) is 12.8 Å². The van der Waals surface area contributed by atoms with Crippen molar-refractivity contribution in [2.24, 2.45) is 0 Å². The molecule has 1 aliphatic carbocycles. The molecule has 0 aliphatic heterocycles. The van der Waals surface area contributed by atoms with Gasteiger partial charge < -0.3 is 5.32 Å². The molecule has 4 nitrogen and oxygen atoms in total. The van der Waals surface area contributed by atoms with Crippen LogP contribution in [0.3, 0.4) is 0 Å². The third-order valence-electron chi connectivity index (χ3n) is 3.27. The van der Waals surface area contributed by atoms with Crippen LogP contribution in [0.1, 0.15) is 37.1 Å². The fourth-order valence-electron chi connectivity index (χ4n) is 2.06. The molecule has 1 aliphatic rings. The molecule has 1 N–H and O–H groups in total. The van der Waals surface area contributed by atoms with Crippen molar-refractivity contribution < 1.29 is 0 Å². The summed E-state index contributed by atoms with van der Waals surface area (Å²) in [5.74, 6) is 2.31. The minimum absolute atomic E-state index is 0.623. The molecule has 98 valence electrons. The highest BCUT2D eigenvalue weighted by molar-refractivity contribution is 5.57. The molecule has 0 aromatic carbocycles. The SMILES string of the molecule is CCNc1cc(C2CC2)nc(-c2ccc(C)nc2)n1. The first-order valence-electron chi connectivity index (χ1n) is 6.82. The van der Waals surface area contributed by atoms with Gasteiger partial charge in [0, 0.05) is 41.7 Å². The van der Waals surface area contributed by atoms with Crippen LogP contribution in [0.5, 0.6) is 0 Å². The summed E-state index contributed by atoms with van der Waals surface area (Å²) in [5.41, 5.74) is 3.14. The Labute approximate surface area is 113 Å². The Balaban J connectivity index is 2.01. The highest BCUT2D eigenvalue weighted by atomic mass is 15.0. The van der Waals surface area contributed by atoms with Crippen LogP contribution in [0.15, 0.2) is 24.4 Å². The average Bonchev–Trinajstić information content (AvgIpc) is 3.24. The van der Waals surface area contributed by atoms with Crippen molar-refractivity contribution in [3.05, 3.63) is 35.8 Å². The quantitative estimate of drug-likeness (QED) is 0.910. The first-order chi connectivity index (χ1) is 9.26. The summed E-state index contributed by atoms with van der Waals surface area (Å²) in [6.45, 7) is 4.92. The van der Waals surface area contributed by atoms with Gasteiger partial charge in [0.1, 0.15) is 5.82 Å². The molecule has 1 saturated carbocycles. The summed E-state index contributed by atoms with van der Waals surface area (Å²) < 4.78 is 0. The minimum atomic E-state index is 0.623. The van der Waals surface area contributed by atoms with Crippen LogP contribution in [0.2, 0.25) is 0 Å². The number of rotatable bonds is 4. The van der Waals surface area contributed by atoms with E-state index < -0.39 is 0 Å². The molecule has 19 heavy (non-hydrogen) atoms. The summed E-state index contributed by atoms with van der Waals surface area (Å²) in [7, 11) is 0. The van der Waals surface area contributed by atoms with Crippen LogP contribution in [0.4, 0.5) is 5.82 Å². The minimum Gasteiger partial charge on any atom is -0.370 e. The Morgan fingerprint density at radius 3 is 2.74 bits per heavy atom. The third kappa shape index (κ3) is 2.72. The van der Waals surface area contributed by atoms with Gasteiger partial charge in [0.15, 0.2) is 5.82 Å². The van der Waals surface area contributed by atoms with Gasteiger partial charge in [-0.05, 0) is 38.8 Å². The molecular weight excluding hydrogens is 236 g/mol. The summed E-state index contributed by atoms with van der Waals surface area (Å²) in [6.07, 6.45) is 4.33. The van der Waals surface area contributed by atoms with Gasteiger partial charge in [-0.15, -0.1) is 0 Å². The molecule has 2 heterocycles. The predicted molar refractivity (Wildman–Crippen MR) is 76.1 cm³/mol. The van der Waals surface area contributed by atoms with E-state index in [2.05, 4.69) is 33.3 Å². The molecule has 4 heteroatoms. The summed E-state index contributed by atoms with van der Waals surface area (Å²) in [6, 6.07) is 6.10. The van der Waals surface area contributed by atoms with Crippen molar-refractivity contribution in [2.45, 2.75) is 32.6 Å². The van der Waals surface area contributed by atoms with E-state index in [-0.39, 0.29) is 0 Å². The van der Waals surface area contributed by atoms with E-state index in [0.29, 0.717) is 5.92 Å². The molecule has 3 rings (SSSR count). The second-order valence-corrected chi connectivity index (χ2v) is 4.99. The lowest BCUT2D eigenvalue weighted by Crippen LogP contribution is -2.03. The number of nitrogens with zero attached hydrogens (tertiary/aromatic N) is 3. The van der Waals surface area contributed by atoms with Crippen molar-refractivity contribution >= 4 is 5.82 Å². The second kappa shape index (κ2) is 4.96. The van der Waals surface area contributed by atoms with Crippen LogP contribution >= 0.6 is 0 Å². The number of hydrogen-bond acceptors (Lipinski definition) is 4. The summed E-state index contributed by atoms with van der Waals surface area (Å²) in [5, 5.41) is 3.28. The topological polar surface area (TPSA) is 50.7 Å². The van der Waals surface area contributed by atoms with Crippen molar-refractivity contribution in [1.29, 1.82) is 0 Å². The maximum atomic E-state index is 4.69. The number of nitrogens with one attached hydrogen (secondary N) is 1. The highest BCUT2D eigenvalue weighted by Gasteiger charge is 2.26. The van der Waals surface area contributed by atoms with E-state index in [1.54, 1.807) is 0 Å². The Morgan fingerprint density at radius 2 is 2.11 bits per heavy atom. The standard InChI is InChI=1S/C15H18N4/c1-3-16-14-8-13(11-6-7-11)18-15(19-14)12-5-4-10(2)17-9-12/h4-5,8-9,11H,3,6-7H2,1-2H3,(H,16,18,19). The van der Waals surface area contributed by atoms with Crippen molar-refractivity contribution in [3.63, 3.8) is 0 Å². The van der Waals surface area contributed by atoms with Gasteiger partial charge in [-0.3, -0.25) is 4.98 Å². The largest absolute Gasteiger partial charge is 0.370 e. The number of pyridine rings is 1. The maximum absolute atomic E-state index is 4.69. The summed E-state index contributed by atoms with van der Waals surface area (Å²) >= 11 is 0. The maximum Gasteiger partial charge on any atom is 0.163 e. The van der Waals surface area contributed by atoms with Crippen LogP contribution < -0.4 is 5.32 Å². The molecular formula is C15H18N4. The van der Waals surface area contributed by atoms with Crippen LogP contribution in [-0.4, -0.2) is 21.5 Å². The van der Waals surface area contributed by atoms with Gasteiger partial charge in [0.05, 0.1) is 0 Å². The van der Waals surface area contributed by atoms with Gasteiger partial charge in [-0.25, -0.2) is 9.97 Å². The Bertz CT molecular complexity index is 573. The number of aromatic nitrogens is 3. The van der Waals surface area contributed by atoms with Crippen LogP contribution in [-0.2, 0) is 0 Å². The van der Waals surface area contributed by atoms with Crippen LogP contribution in [0, 0.1) is 6.92 Å². The number of anilines is 1. The first-order valence-corrected chi connectivity index (χ1v) is 6.82. The van der Waals surface area contributed by atoms with Crippen molar-refractivity contribution in [3.8, 4) is 11.4 Å². The third-order valence-corrected chi connectivity index (χ3v) is 3.27. The lowest BCUT2D eigenvalue weighted by atomic mass is 10.2. The van der Waals surface area contributed by atoms with Gasteiger partial charge >= 0.3 is 0 Å². The normalized spacial score (nSPS) is 14.4. The Morgan fingerprint density at radius 1 is 1.26 bits per heavy atom. The molecule has 0 atom stereocenters. The van der Waals surface area contributed by atoms with Crippen molar-refractivity contribution in [1.82, 2.24) is 15.0 Å². The fourth-order valence-corrected chi connectivity index (χ4v) is 2.06. The number of hydrogen-bond donors (Lipinski definition) is 1. The van der Waals surface area contributed by atoms with E-state index in [4.69, 9.17) is 0 Å². The predicted octanol–water partition coefficient (Wildman–Crippen LogP) is 3.16. The monoisotopic (exact) mass is 254 g/mol. The lowest BCUT2D eigenvalue weighted by Gasteiger charge is -2.08. The van der Waals surface area contributed by atoms with E-state index in [0.717, 1.165) is 35.1 Å². The van der Waals surface area contributed by atoms with Gasteiger partial charge in [-0.2, -0.15) is 0 Å². The second-order valence-electron chi connectivity index (χ2n) is 4.99. The molecule has 0 amide bonds. The fraction of sp³-hybridized carbons (Fsp3) is 0.400. The zero-order valence-corrected chi connectivity index (χ0v) is 11.3. The van der Waals surface area contributed by atoms with Gasteiger partial charge in [0.2, 0.25) is 0 Å². The van der Waals surface area contributed by atoms with E-state index in [1.807, 2.05) is 25.3 Å². The van der Waals surface area contributed by atoms with E-state index >= 15 is 0 Å². The molecule has 0 spiro atoms. The average molecular weight is 254 g/mol. The molecule has 0 unspecified atom stereocenters. The Hall–Kier alpha value is -1.97. The van der Waals surface area contributed by atoms with Gasteiger partial charge in [0.25, 0.3) is 0 Å². The molecule has 1 fully saturated rings. The molecule has 2 aromatic rings. The smallest absolute Gasteiger partial charge is 0.163 e. The molecule has 0 radical (unpaired) electrons. The van der Waals surface area contributed by atoms with Crippen molar-refractivity contribution in [2.75, 3.05) is 11.9 Å². The Kier molecular flexibility index (Phi) is 3.15. The highest BCUT2D eigenvalue weighted by Crippen LogP contribution is 2.40. The molecule has 2 aromatic heterocycles. The summed E-state index contributed by atoms with van der Waals surface area (Å²) in [4.78, 5) is 13.6. The lowest BCUT2D eigenvalue weighted by molar-refractivity contribution is 0.986. The zero-order chi connectivity index (χ0) is 13.2. The molecule has 0 bridgehead atoms. The van der Waals surface area contributed by atoms with E-state index in [9.17, 15) is 0 Å². The zero-order valence-electron chi connectivity index (χ0n) is 11.3. The van der Waals surface area contributed by atoms with Crippen LogP contribution in [0.25, 0.3) is 11.4 Å². The number of aryl methyl sites for hydroxylation is 1. The first kappa shape index (κ1) is 12.1. The molecule has 0 saturated heterocycles.